The van der Waals surface area contributed by atoms with Gasteiger partial charge in [0.05, 0.1) is 10.5 Å². The van der Waals surface area contributed by atoms with Gasteiger partial charge >= 0.3 is 5.97 Å². The number of rotatable bonds is 2. The molecular weight excluding hydrogens is 278 g/mol. The van der Waals surface area contributed by atoms with Crippen LogP contribution in [0.25, 0.3) is 0 Å². The molecule has 5 nitrogen and oxygen atoms in total. The average Bonchev–Trinajstić information content (AvgIpc) is 2.47. The zero-order valence-corrected chi connectivity index (χ0v) is 11.0. The average molecular weight is 287 g/mol. The Labute approximate surface area is 118 Å². The Bertz CT molecular complexity index is 701. The minimum absolute atomic E-state index is 0.0157. The van der Waals surface area contributed by atoms with E-state index >= 15 is 0 Å². The molecule has 0 fully saturated rings. The quantitative estimate of drug-likeness (QED) is 0.480. The van der Waals surface area contributed by atoms with Crippen molar-refractivity contribution < 1.29 is 14.5 Å². The lowest BCUT2D eigenvalue weighted by Crippen LogP contribution is -2.15. The number of nitro groups is 1. The lowest BCUT2D eigenvalue weighted by atomic mass is 10.2. The number of hydrogen-bond donors (Lipinski definition) is 0. The first-order chi connectivity index (χ1) is 9.65. The summed E-state index contributed by atoms with van der Waals surface area (Å²) in [7, 11) is 0. The molecule has 0 spiro atoms. The maximum Gasteiger partial charge on any atom is 0.340 e. The zero-order chi connectivity index (χ0) is 14.1. The molecule has 1 heterocycles. The summed E-state index contributed by atoms with van der Waals surface area (Å²) in [4.78, 5) is 23.1. The van der Waals surface area contributed by atoms with Crippen molar-refractivity contribution in [3.8, 4) is 0 Å². The first-order valence-electron chi connectivity index (χ1n) is 5.86. The number of hydrogen-bond acceptors (Lipinski definition) is 5. The summed E-state index contributed by atoms with van der Waals surface area (Å²) in [5.41, 5.74) is 0.557. The van der Waals surface area contributed by atoms with Crippen LogP contribution >= 0.6 is 11.8 Å². The van der Waals surface area contributed by atoms with Crippen molar-refractivity contribution in [3.05, 3.63) is 69.8 Å². The maximum absolute atomic E-state index is 11.9. The smallest absolute Gasteiger partial charge is 0.340 e. The van der Waals surface area contributed by atoms with Gasteiger partial charge in [0.15, 0.2) is 5.44 Å². The number of nitro benzene ring substituents is 1. The van der Waals surface area contributed by atoms with Crippen molar-refractivity contribution >= 4 is 23.4 Å². The molecule has 0 saturated heterocycles. The third-order valence-corrected chi connectivity index (χ3v) is 4.10. The van der Waals surface area contributed by atoms with Crippen LogP contribution in [-0.4, -0.2) is 10.9 Å². The monoisotopic (exact) mass is 287 g/mol. The Hall–Kier alpha value is -2.34. The predicted octanol–water partition coefficient (Wildman–Crippen LogP) is 3.56. The second-order valence-corrected chi connectivity index (χ2v) is 5.31. The highest BCUT2D eigenvalue weighted by Gasteiger charge is 2.28. The van der Waals surface area contributed by atoms with Gasteiger partial charge in [-0.15, -0.1) is 0 Å². The van der Waals surface area contributed by atoms with Crippen LogP contribution in [0.4, 0.5) is 5.69 Å². The van der Waals surface area contributed by atoms with Gasteiger partial charge in [0.2, 0.25) is 0 Å². The number of esters is 1. The third-order valence-electron chi connectivity index (χ3n) is 2.91. The highest BCUT2D eigenvalue weighted by molar-refractivity contribution is 7.99. The van der Waals surface area contributed by atoms with Gasteiger partial charge in [0.25, 0.3) is 5.69 Å². The number of carbonyl (C=O) groups is 1. The minimum Gasteiger partial charge on any atom is -0.442 e. The molecular formula is C14H9NO4S. The SMILES string of the molecule is O=C1OC(c2cccc([N+](=O)[O-])c2)Sc2ccccc21. The highest BCUT2D eigenvalue weighted by Crippen LogP contribution is 2.43. The van der Waals surface area contributed by atoms with Crippen molar-refractivity contribution in [1.82, 2.24) is 0 Å². The molecule has 0 radical (unpaired) electrons. The summed E-state index contributed by atoms with van der Waals surface area (Å²) >= 11 is 1.37. The number of nitrogens with zero attached hydrogens (tertiary/aromatic N) is 1. The number of non-ortho nitro benzene ring substituents is 1. The zero-order valence-electron chi connectivity index (χ0n) is 10.2. The van der Waals surface area contributed by atoms with Crippen LogP contribution in [0.3, 0.4) is 0 Å². The van der Waals surface area contributed by atoms with Gasteiger partial charge in [-0.3, -0.25) is 10.1 Å². The van der Waals surface area contributed by atoms with Crippen LogP contribution in [0.5, 0.6) is 0 Å². The van der Waals surface area contributed by atoms with E-state index in [1.54, 1.807) is 24.3 Å². The summed E-state index contributed by atoms with van der Waals surface area (Å²) in [5.74, 6) is -0.407. The van der Waals surface area contributed by atoms with Crippen LogP contribution < -0.4 is 0 Å². The van der Waals surface area contributed by atoms with Crippen LogP contribution in [0.1, 0.15) is 21.4 Å². The largest absolute Gasteiger partial charge is 0.442 e. The fourth-order valence-electron chi connectivity index (χ4n) is 1.96. The number of benzene rings is 2. The van der Waals surface area contributed by atoms with E-state index in [1.807, 2.05) is 12.1 Å². The topological polar surface area (TPSA) is 69.4 Å². The van der Waals surface area contributed by atoms with Crippen LogP contribution in [0.2, 0.25) is 0 Å². The predicted molar refractivity (Wildman–Crippen MR) is 73.6 cm³/mol. The normalized spacial score (nSPS) is 17.2. The molecule has 3 rings (SSSR count). The first kappa shape index (κ1) is 12.7. The standard InChI is InChI=1S/C14H9NO4S/c16-13-11-6-1-2-7-12(11)20-14(19-13)9-4-3-5-10(8-9)15(17)18/h1-8,14H. The minimum atomic E-state index is -0.558. The third kappa shape index (κ3) is 2.25. The molecule has 1 atom stereocenters. The van der Waals surface area contributed by atoms with E-state index in [0.29, 0.717) is 11.1 Å². The molecule has 0 aromatic heterocycles. The van der Waals surface area contributed by atoms with E-state index in [4.69, 9.17) is 4.74 Å². The first-order valence-corrected chi connectivity index (χ1v) is 6.74. The van der Waals surface area contributed by atoms with Crippen molar-refractivity contribution in [2.24, 2.45) is 0 Å². The summed E-state index contributed by atoms with van der Waals surface area (Å²) in [6.07, 6.45) is 0. The Kier molecular flexibility index (Phi) is 3.15. The fourth-order valence-corrected chi connectivity index (χ4v) is 3.04. The fraction of sp³-hybridized carbons (Fsp3) is 0.0714. The van der Waals surface area contributed by atoms with Gasteiger partial charge in [-0.05, 0) is 12.1 Å². The molecule has 0 bridgehead atoms. The Morgan fingerprint density at radius 3 is 2.75 bits per heavy atom. The lowest BCUT2D eigenvalue weighted by molar-refractivity contribution is -0.384. The lowest BCUT2D eigenvalue weighted by Gasteiger charge is -2.23. The summed E-state index contributed by atoms with van der Waals surface area (Å²) in [6.45, 7) is 0. The molecule has 0 aliphatic carbocycles. The summed E-state index contributed by atoms with van der Waals surface area (Å²) < 4.78 is 5.34. The number of cyclic esters (lactones) is 1. The van der Waals surface area contributed by atoms with Gasteiger partial charge in [-0.25, -0.2) is 4.79 Å². The Morgan fingerprint density at radius 2 is 1.95 bits per heavy atom. The molecule has 2 aromatic carbocycles. The van der Waals surface area contributed by atoms with E-state index < -0.39 is 16.3 Å². The van der Waals surface area contributed by atoms with Crippen molar-refractivity contribution in [2.45, 2.75) is 10.3 Å². The van der Waals surface area contributed by atoms with Crippen molar-refractivity contribution in [2.75, 3.05) is 0 Å². The van der Waals surface area contributed by atoms with Gasteiger partial charge in [0, 0.05) is 22.6 Å². The second kappa shape index (κ2) is 4.97. The number of thioether (sulfide) groups is 1. The van der Waals surface area contributed by atoms with E-state index in [2.05, 4.69) is 0 Å². The number of ether oxygens (including phenoxy) is 1. The van der Waals surface area contributed by atoms with E-state index in [9.17, 15) is 14.9 Å². The van der Waals surface area contributed by atoms with Gasteiger partial charge < -0.3 is 4.74 Å². The number of fused-ring (bicyclic) bond motifs is 1. The molecule has 0 amide bonds. The Morgan fingerprint density at radius 1 is 1.15 bits per heavy atom. The van der Waals surface area contributed by atoms with Gasteiger partial charge in [0.1, 0.15) is 0 Å². The van der Waals surface area contributed by atoms with Crippen LogP contribution in [-0.2, 0) is 4.74 Å². The second-order valence-electron chi connectivity index (χ2n) is 4.20. The maximum atomic E-state index is 11.9. The van der Waals surface area contributed by atoms with E-state index in [0.717, 1.165) is 4.90 Å². The van der Waals surface area contributed by atoms with Crippen LogP contribution in [0, 0.1) is 10.1 Å². The van der Waals surface area contributed by atoms with Crippen molar-refractivity contribution in [1.29, 1.82) is 0 Å². The van der Waals surface area contributed by atoms with Gasteiger partial charge in [-0.2, -0.15) is 0 Å². The molecule has 1 aliphatic rings. The molecule has 1 aliphatic heterocycles. The van der Waals surface area contributed by atoms with Crippen LogP contribution in [0.15, 0.2) is 53.4 Å². The molecule has 6 heteroatoms. The molecule has 100 valence electrons. The van der Waals surface area contributed by atoms with E-state index in [1.165, 1.54) is 23.9 Å². The molecule has 1 unspecified atom stereocenters. The number of carbonyl (C=O) groups excluding carboxylic acids is 1. The van der Waals surface area contributed by atoms with Crippen molar-refractivity contribution in [3.63, 3.8) is 0 Å². The molecule has 0 saturated carbocycles. The summed E-state index contributed by atoms with van der Waals surface area (Å²) in [6, 6.07) is 13.3. The molecule has 2 aromatic rings. The van der Waals surface area contributed by atoms with Gasteiger partial charge in [-0.1, -0.05) is 36.0 Å². The molecule has 0 N–H and O–H groups in total. The highest BCUT2D eigenvalue weighted by atomic mass is 32.2. The van der Waals surface area contributed by atoms with E-state index in [-0.39, 0.29) is 5.69 Å². The Balaban J connectivity index is 1.95. The molecule has 20 heavy (non-hydrogen) atoms. The summed E-state index contributed by atoms with van der Waals surface area (Å²) in [5, 5.41) is 10.8.